The van der Waals surface area contributed by atoms with E-state index in [9.17, 15) is 9.18 Å². The lowest BCUT2D eigenvalue weighted by Gasteiger charge is -2.31. The molecule has 2 heterocycles. The van der Waals surface area contributed by atoms with Crippen LogP contribution in [0.15, 0.2) is 12.1 Å². The maximum Gasteiger partial charge on any atom is 0.222 e. The summed E-state index contributed by atoms with van der Waals surface area (Å²) in [7, 11) is 1.78. The minimum Gasteiger partial charge on any atom is -0.344 e. The van der Waals surface area contributed by atoms with Crippen LogP contribution in [0.4, 0.5) is 4.39 Å². The summed E-state index contributed by atoms with van der Waals surface area (Å²) < 4.78 is 15.6. The van der Waals surface area contributed by atoms with Gasteiger partial charge in [0.1, 0.15) is 11.6 Å². The number of amides is 1. The summed E-state index contributed by atoms with van der Waals surface area (Å²) >= 11 is 11.9. The SMILES string of the molecule is CN1CC(n2c(CCl)nc3cc(F)c(Cl)cc32)CCC1=O. The summed E-state index contributed by atoms with van der Waals surface area (Å²) in [4.78, 5) is 17.7. The number of hydrogen-bond acceptors (Lipinski definition) is 2. The average Bonchev–Trinajstić information content (AvgIpc) is 2.80. The molecule has 0 aliphatic carbocycles. The smallest absolute Gasteiger partial charge is 0.222 e. The summed E-state index contributed by atoms with van der Waals surface area (Å²) in [5, 5.41) is 0.0602. The molecular formula is C14H14Cl2FN3O. The quantitative estimate of drug-likeness (QED) is 0.792. The molecule has 112 valence electrons. The summed E-state index contributed by atoms with van der Waals surface area (Å²) in [6.45, 7) is 0.586. The van der Waals surface area contributed by atoms with Crippen molar-refractivity contribution in [3.8, 4) is 0 Å². The molecule has 0 saturated carbocycles. The molecule has 3 rings (SSSR count). The first kappa shape index (κ1) is 14.6. The van der Waals surface area contributed by atoms with Crippen LogP contribution in [0, 0.1) is 5.82 Å². The van der Waals surface area contributed by atoms with Crippen molar-refractivity contribution in [2.75, 3.05) is 13.6 Å². The van der Waals surface area contributed by atoms with Crippen molar-refractivity contribution >= 4 is 40.1 Å². The maximum atomic E-state index is 13.6. The summed E-state index contributed by atoms with van der Waals surface area (Å²) in [6, 6.07) is 2.97. The highest BCUT2D eigenvalue weighted by Gasteiger charge is 2.27. The molecule has 0 spiro atoms. The Hall–Kier alpha value is -1.33. The van der Waals surface area contributed by atoms with Crippen LogP contribution in [-0.2, 0) is 10.7 Å². The number of hydrogen-bond donors (Lipinski definition) is 0. The Kier molecular flexibility index (Phi) is 3.80. The number of carbonyl (C=O) groups excluding carboxylic acids is 1. The Bertz CT molecular complexity index is 716. The molecule has 1 aromatic heterocycles. The molecule has 2 aromatic rings. The minimum atomic E-state index is -0.495. The summed E-state index contributed by atoms with van der Waals surface area (Å²) in [5.41, 5.74) is 1.29. The molecule has 0 radical (unpaired) electrons. The van der Waals surface area contributed by atoms with E-state index < -0.39 is 5.82 Å². The standard InChI is InChI=1S/C14H14Cl2FN3O/c1-19-7-8(2-3-14(19)21)20-12-4-9(16)10(17)5-11(12)18-13(20)6-15/h4-5,8H,2-3,6-7H2,1H3. The van der Waals surface area contributed by atoms with E-state index in [0.717, 1.165) is 5.52 Å². The second kappa shape index (κ2) is 5.46. The third-order valence-corrected chi connectivity index (χ3v) is 4.42. The van der Waals surface area contributed by atoms with E-state index in [2.05, 4.69) is 4.98 Å². The second-order valence-electron chi connectivity index (χ2n) is 5.25. The molecule has 4 nitrogen and oxygen atoms in total. The third-order valence-electron chi connectivity index (χ3n) is 3.89. The first-order valence-corrected chi connectivity index (χ1v) is 7.58. The van der Waals surface area contributed by atoms with Crippen molar-refractivity contribution < 1.29 is 9.18 Å². The van der Waals surface area contributed by atoms with Crippen LogP contribution in [0.1, 0.15) is 24.7 Å². The molecule has 1 fully saturated rings. The Balaban J connectivity index is 2.12. The molecule has 0 bridgehead atoms. The fourth-order valence-corrected chi connectivity index (χ4v) is 3.19. The minimum absolute atomic E-state index is 0.0602. The Morgan fingerprint density at radius 2 is 2.24 bits per heavy atom. The van der Waals surface area contributed by atoms with Crippen LogP contribution in [-0.4, -0.2) is 34.0 Å². The predicted molar refractivity (Wildman–Crippen MR) is 80.2 cm³/mol. The molecular weight excluding hydrogens is 316 g/mol. The molecule has 1 amide bonds. The molecule has 7 heteroatoms. The van der Waals surface area contributed by atoms with E-state index in [4.69, 9.17) is 23.2 Å². The van der Waals surface area contributed by atoms with E-state index in [0.29, 0.717) is 30.7 Å². The number of carbonyl (C=O) groups is 1. The zero-order valence-electron chi connectivity index (χ0n) is 11.4. The molecule has 21 heavy (non-hydrogen) atoms. The van der Waals surface area contributed by atoms with Gasteiger partial charge in [-0.15, -0.1) is 11.6 Å². The highest BCUT2D eigenvalue weighted by Crippen LogP contribution is 2.31. The van der Waals surface area contributed by atoms with Gasteiger partial charge in [-0.3, -0.25) is 4.79 Å². The van der Waals surface area contributed by atoms with Crippen LogP contribution < -0.4 is 0 Å². The molecule has 1 saturated heterocycles. The summed E-state index contributed by atoms with van der Waals surface area (Å²) in [5.74, 6) is 0.529. The van der Waals surface area contributed by atoms with Crippen LogP contribution in [0.5, 0.6) is 0 Å². The monoisotopic (exact) mass is 329 g/mol. The number of imidazole rings is 1. The number of nitrogens with zero attached hydrogens (tertiary/aromatic N) is 3. The Morgan fingerprint density at radius 3 is 2.90 bits per heavy atom. The normalized spacial score (nSPS) is 19.5. The number of likely N-dealkylation sites (N-methyl/N-ethyl adjacent to an activating group) is 1. The maximum absolute atomic E-state index is 13.6. The van der Waals surface area contributed by atoms with E-state index in [1.54, 1.807) is 18.0 Å². The zero-order valence-corrected chi connectivity index (χ0v) is 13.0. The lowest BCUT2D eigenvalue weighted by atomic mass is 10.1. The van der Waals surface area contributed by atoms with Crippen molar-refractivity contribution in [1.82, 2.24) is 14.5 Å². The van der Waals surface area contributed by atoms with Gasteiger partial charge >= 0.3 is 0 Å². The lowest BCUT2D eigenvalue weighted by molar-refractivity contribution is -0.132. The lowest BCUT2D eigenvalue weighted by Crippen LogP contribution is -2.38. The number of likely N-dealkylation sites (tertiary alicyclic amines) is 1. The number of halogens is 3. The van der Waals surface area contributed by atoms with Crippen molar-refractivity contribution in [2.24, 2.45) is 0 Å². The third kappa shape index (κ3) is 2.49. The largest absolute Gasteiger partial charge is 0.344 e. The van der Waals surface area contributed by atoms with E-state index in [-0.39, 0.29) is 22.9 Å². The fraction of sp³-hybridized carbons (Fsp3) is 0.429. The van der Waals surface area contributed by atoms with Gasteiger partial charge in [-0.1, -0.05) is 11.6 Å². The number of benzene rings is 1. The van der Waals surface area contributed by atoms with Gasteiger partial charge in [-0.05, 0) is 12.5 Å². The topological polar surface area (TPSA) is 38.1 Å². The first-order valence-electron chi connectivity index (χ1n) is 6.67. The van der Waals surface area contributed by atoms with E-state index in [1.807, 2.05) is 4.57 Å². The molecule has 1 aliphatic rings. The van der Waals surface area contributed by atoms with Gasteiger partial charge < -0.3 is 9.47 Å². The Labute approximate surface area is 131 Å². The van der Waals surface area contributed by atoms with Gasteiger partial charge in [-0.2, -0.15) is 0 Å². The van der Waals surface area contributed by atoms with Gasteiger partial charge in [-0.25, -0.2) is 9.37 Å². The van der Waals surface area contributed by atoms with Crippen LogP contribution in [0.25, 0.3) is 11.0 Å². The highest BCUT2D eigenvalue weighted by molar-refractivity contribution is 6.31. The number of rotatable bonds is 2. The second-order valence-corrected chi connectivity index (χ2v) is 5.93. The summed E-state index contributed by atoms with van der Waals surface area (Å²) in [6.07, 6.45) is 1.20. The van der Waals surface area contributed by atoms with E-state index in [1.165, 1.54) is 6.07 Å². The fourth-order valence-electron chi connectivity index (χ4n) is 2.84. The average molecular weight is 330 g/mol. The van der Waals surface area contributed by atoms with Crippen LogP contribution in [0.2, 0.25) is 5.02 Å². The van der Waals surface area contributed by atoms with Crippen molar-refractivity contribution in [3.05, 3.63) is 28.8 Å². The number of piperidine rings is 1. The van der Waals surface area contributed by atoms with Gasteiger partial charge in [0.2, 0.25) is 5.91 Å². The highest BCUT2D eigenvalue weighted by atomic mass is 35.5. The molecule has 1 atom stereocenters. The first-order chi connectivity index (χ1) is 10.0. The van der Waals surface area contributed by atoms with Crippen molar-refractivity contribution in [3.63, 3.8) is 0 Å². The zero-order chi connectivity index (χ0) is 15.1. The van der Waals surface area contributed by atoms with Crippen molar-refractivity contribution in [2.45, 2.75) is 24.8 Å². The van der Waals surface area contributed by atoms with Crippen LogP contribution in [0.3, 0.4) is 0 Å². The van der Waals surface area contributed by atoms with Crippen LogP contribution >= 0.6 is 23.2 Å². The molecule has 1 aromatic carbocycles. The molecule has 1 unspecified atom stereocenters. The van der Waals surface area contributed by atoms with Gasteiger partial charge in [0, 0.05) is 26.1 Å². The van der Waals surface area contributed by atoms with Gasteiger partial charge in [0.25, 0.3) is 0 Å². The van der Waals surface area contributed by atoms with Gasteiger partial charge in [0.05, 0.1) is 28.0 Å². The number of alkyl halides is 1. The Morgan fingerprint density at radius 1 is 1.48 bits per heavy atom. The van der Waals surface area contributed by atoms with Gasteiger partial charge in [0.15, 0.2) is 0 Å². The van der Waals surface area contributed by atoms with E-state index >= 15 is 0 Å². The van der Waals surface area contributed by atoms with Crippen molar-refractivity contribution in [1.29, 1.82) is 0 Å². The predicted octanol–water partition coefficient (Wildman–Crippen LogP) is 3.36. The molecule has 1 aliphatic heterocycles. The number of fused-ring (bicyclic) bond motifs is 1. The molecule has 0 N–H and O–H groups in total. The number of aromatic nitrogens is 2.